The van der Waals surface area contributed by atoms with Crippen molar-refractivity contribution in [2.24, 2.45) is 4.99 Å². The maximum absolute atomic E-state index is 13.3. The highest BCUT2D eigenvalue weighted by Gasteiger charge is 2.37. The maximum atomic E-state index is 13.3. The van der Waals surface area contributed by atoms with E-state index in [1.165, 1.54) is 12.3 Å². The monoisotopic (exact) mass is 420 g/mol. The molecule has 29 heavy (non-hydrogen) atoms. The molecular weight excluding hydrogens is 409 g/mol. The van der Waals surface area contributed by atoms with E-state index in [2.05, 4.69) is 15.1 Å². The second kappa shape index (κ2) is 7.00. The molecular formula is C19H12ClF3N4O2. The lowest BCUT2D eigenvalue weighted by Crippen LogP contribution is -2.21. The summed E-state index contributed by atoms with van der Waals surface area (Å²) in [6.45, 7) is 1.73. The zero-order valence-electron chi connectivity index (χ0n) is 14.8. The minimum atomic E-state index is -4.69. The molecule has 0 amide bonds. The van der Waals surface area contributed by atoms with Gasteiger partial charge in [0.1, 0.15) is 5.69 Å². The molecule has 1 aliphatic rings. The molecule has 1 unspecified atom stereocenters. The van der Waals surface area contributed by atoms with E-state index in [-0.39, 0.29) is 17.4 Å². The van der Waals surface area contributed by atoms with Crippen LogP contribution in [0.2, 0.25) is 5.02 Å². The van der Waals surface area contributed by atoms with E-state index in [1.54, 1.807) is 31.2 Å². The van der Waals surface area contributed by atoms with Crippen LogP contribution in [0.4, 0.5) is 18.9 Å². The van der Waals surface area contributed by atoms with Gasteiger partial charge in [0.05, 0.1) is 5.69 Å². The average Bonchev–Trinajstić information content (AvgIpc) is 3.14. The second-order valence-corrected chi connectivity index (χ2v) is 6.70. The van der Waals surface area contributed by atoms with Gasteiger partial charge in [-0.2, -0.15) is 18.3 Å². The molecule has 1 aliphatic heterocycles. The second-order valence-electron chi connectivity index (χ2n) is 6.26. The number of pyridine rings is 1. The fraction of sp³-hybridized carbons (Fsp3) is 0.158. The van der Waals surface area contributed by atoms with Crippen molar-refractivity contribution in [3.8, 4) is 5.82 Å². The molecule has 2 aromatic heterocycles. The van der Waals surface area contributed by atoms with E-state index < -0.39 is 18.0 Å². The normalized spacial score (nSPS) is 16.0. The van der Waals surface area contributed by atoms with Gasteiger partial charge in [0.25, 0.3) is 0 Å². The van der Waals surface area contributed by atoms with Crippen molar-refractivity contribution in [1.82, 2.24) is 14.8 Å². The fourth-order valence-corrected chi connectivity index (χ4v) is 3.27. The minimum absolute atomic E-state index is 0.0807. The molecule has 3 aromatic rings. The molecule has 6 nitrogen and oxygen atoms in total. The van der Waals surface area contributed by atoms with Crippen molar-refractivity contribution in [3.05, 3.63) is 70.1 Å². The number of carbonyl (C=O) groups is 1. The van der Waals surface area contributed by atoms with Crippen molar-refractivity contribution in [2.45, 2.75) is 19.2 Å². The highest BCUT2D eigenvalue weighted by Crippen LogP contribution is 2.38. The van der Waals surface area contributed by atoms with Gasteiger partial charge >= 0.3 is 6.18 Å². The Kier molecular flexibility index (Phi) is 4.62. The molecule has 0 aliphatic carbocycles. The van der Waals surface area contributed by atoms with E-state index in [9.17, 15) is 18.0 Å². The number of benzene rings is 1. The topological polar surface area (TPSA) is 69.4 Å². The van der Waals surface area contributed by atoms with Gasteiger partial charge in [-0.15, -0.1) is 0 Å². The summed E-state index contributed by atoms with van der Waals surface area (Å²) in [5, 5.41) is 4.03. The Morgan fingerprint density at radius 3 is 2.69 bits per heavy atom. The number of nitrogens with zero attached hydrogens (tertiary/aromatic N) is 4. The number of alkyl halides is 3. The molecule has 1 aromatic carbocycles. The van der Waals surface area contributed by atoms with Crippen molar-refractivity contribution >= 4 is 29.5 Å². The standard InChI is InChI=1S/C19H12ClF3N4O2/c1-10-6-11(20)7-12-14(9-28)29-18(25-17(10)12)13-8-15(19(21,22)23)26-27(13)16-4-2-3-5-24-16/h2-9,14H,1H3. The van der Waals surface area contributed by atoms with E-state index in [0.717, 1.165) is 10.7 Å². The molecule has 148 valence electrons. The number of aryl methyl sites for hydroxylation is 1. The summed E-state index contributed by atoms with van der Waals surface area (Å²) in [6.07, 6.45) is -3.80. The predicted molar refractivity (Wildman–Crippen MR) is 98.6 cm³/mol. The van der Waals surface area contributed by atoms with Crippen LogP contribution in [0.5, 0.6) is 0 Å². The van der Waals surface area contributed by atoms with Crippen LogP contribution in [-0.4, -0.2) is 26.9 Å². The van der Waals surface area contributed by atoms with Crippen LogP contribution >= 0.6 is 11.6 Å². The van der Waals surface area contributed by atoms with Gasteiger partial charge in [-0.1, -0.05) is 17.7 Å². The molecule has 3 heterocycles. The number of halogens is 4. The zero-order chi connectivity index (χ0) is 20.8. The van der Waals surface area contributed by atoms with Gasteiger partial charge < -0.3 is 4.74 Å². The first-order valence-electron chi connectivity index (χ1n) is 8.37. The first kappa shape index (κ1) is 19.1. The van der Waals surface area contributed by atoms with Crippen LogP contribution in [0.25, 0.3) is 5.82 Å². The van der Waals surface area contributed by atoms with E-state index >= 15 is 0 Å². The molecule has 0 saturated carbocycles. The molecule has 1 atom stereocenters. The maximum Gasteiger partial charge on any atom is 0.435 e. The molecule has 0 bridgehead atoms. The summed E-state index contributed by atoms with van der Waals surface area (Å²) in [4.78, 5) is 20.0. The van der Waals surface area contributed by atoms with Gasteiger partial charge in [0.2, 0.25) is 5.90 Å². The summed E-state index contributed by atoms with van der Waals surface area (Å²) in [6, 6.07) is 8.73. The number of hydrogen-bond donors (Lipinski definition) is 0. The quantitative estimate of drug-likeness (QED) is 0.581. The first-order chi connectivity index (χ1) is 13.8. The number of rotatable bonds is 3. The highest BCUT2D eigenvalue weighted by molar-refractivity contribution is 6.30. The Bertz CT molecular complexity index is 1130. The Balaban J connectivity index is 1.93. The van der Waals surface area contributed by atoms with Crippen LogP contribution in [0, 0.1) is 6.92 Å². The van der Waals surface area contributed by atoms with Crippen molar-refractivity contribution in [2.75, 3.05) is 0 Å². The third-order valence-electron chi connectivity index (χ3n) is 4.26. The molecule has 4 rings (SSSR count). The highest BCUT2D eigenvalue weighted by atomic mass is 35.5. The molecule has 0 fully saturated rings. The van der Waals surface area contributed by atoms with Crippen LogP contribution in [0.15, 0.2) is 47.6 Å². The number of fused-ring (bicyclic) bond motifs is 1. The third-order valence-corrected chi connectivity index (χ3v) is 4.48. The largest absolute Gasteiger partial charge is 0.460 e. The van der Waals surface area contributed by atoms with E-state index in [1.807, 2.05) is 0 Å². The average molecular weight is 421 g/mol. The van der Waals surface area contributed by atoms with E-state index in [0.29, 0.717) is 28.1 Å². The Morgan fingerprint density at radius 1 is 1.24 bits per heavy atom. The number of aldehydes is 1. The summed E-state index contributed by atoms with van der Waals surface area (Å²) < 4.78 is 46.5. The van der Waals surface area contributed by atoms with Gasteiger partial charge in [-0.05, 0) is 36.8 Å². The molecule has 0 saturated heterocycles. The smallest absolute Gasteiger partial charge is 0.435 e. The SMILES string of the molecule is Cc1cc(Cl)cc2c1N=C(c1cc(C(F)(F)F)nn1-c1ccccn1)OC2C=O. The number of carbonyl (C=O) groups excluding carboxylic acids is 1. The molecule has 0 spiro atoms. The summed E-state index contributed by atoms with van der Waals surface area (Å²) in [5.41, 5.74) is 0.289. The zero-order valence-corrected chi connectivity index (χ0v) is 15.6. The summed E-state index contributed by atoms with van der Waals surface area (Å²) >= 11 is 6.05. The Labute approximate surface area is 167 Å². The van der Waals surface area contributed by atoms with Crippen LogP contribution in [-0.2, 0) is 15.7 Å². The van der Waals surface area contributed by atoms with E-state index in [4.69, 9.17) is 16.3 Å². The van der Waals surface area contributed by atoms with Crippen LogP contribution in [0.3, 0.4) is 0 Å². The lowest BCUT2D eigenvalue weighted by Gasteiger charge is -2.23. The number of ether oxygens (including phenoxy) is 1. The van der Waals surface area contributed by atoms with Crippen molar-refractivity contribution < 1.29 is 22.7 Å². The summed E-state index contributed by atoms with van der Waals surface area (Å²) in [7, 11) is 0. The van der Waals surface area contributed by atoms with Gasteiger partial charge in [0, 0.05) is 22.8 Å². The number of aliphatic imine (C=N–C) groups is 1. The molecule has 10 heteroatoms. The van der Waals surface area contributed by atoms with Gasteiger partial charge in [-0.3, -0.25) is 4.79 Å². The Hall–Kier alpha value is -3.20. The van der Waals surface area contributed by atoms with Crippen LogP contribution < -0.4 is 0 Å². The van der Waals surface area contributed by atoms with Crippen molar-refractivity contribution in [1.29, 1.82) is 0 Å². The van der Waals surface area contributed by atoms with Gasteiger partial charge in [-0.25, -0.2) is 14.7 Å². The lowest BCUT2D eigenvalue weighted by molar-refractivity contribution is -0.141. The number of hydrogen-bond acceptors (Lipinski definition) is 5. The molecule has 0 radical (unpaired) electrons. The summed E-state index contributed by atoms with van der Waals surface area (Å²) in [5.74, 6) is -0.0285. The van der Waals surface area contributed by atoms with Gasteiger partial charge in [0.15, 0.2) is 23.9 Å². The minimum Gasteiger partial charge on any atom is -0.460 e. The number of aromatic nitrogens is 3. The third kappa shape index (κ3) is 3.49. The van der Waals surface area contributed by atoms with Crippen LogP contribution in [0.1, 0.15) is 28.6 Å². The molecule has 0 N–H and O–H groups in total. The first-order valence-corrected chi connectivity index (χ1v) is 8.75. The van der Waals surface area contributed by atoms with Crippen molar-refractivity contribution in [3.63, 3.8) is 0 Å². The lowest BCUT2D eigenvalue weighted by atomic mass is 10.0. The predicted octanol–water partition coefficient (Wildman–Crippen LogP) is 4.60. The Morgan fingerprint density at radius 2 is 2.03 bits per heavy atom. The fourth-order valence-electron chi connectivity index (χ4n) is 2.99.